The third kappa shape index (κ3) is 4.59. The van der Waals surface area contributed by atoms with Crippen LogP contribution in [-0.4, -0.2) is 65.2 Å². The highest BCUT2D eigenvalue weighted by Crippen LogP contribution is 2.17. The van der Waals surface area contributed by atoms with Crippen LogP contribution in [-0.2, 0) is 4.79 Å². The number of carbonyl (C=O) groups excluding carboxylic acids is 1. The molecule has 120 valence electrons. The Morgan fingerprint density at radius 3 is 2.14 bits per heavy atom. The Balaban J connectivity index is 1.76. The van der Waals surface area contributed by atoms with Gasteiger partial charge in [0.1, 0.15) is 6.04 Å². The summed E-state index contributed by atoms with van der Waals surface area (Å²) in [7, 11) is 0. The number of carbonyl (C=O) groups is 2. The Labute approximate surface area is 126 Å². The standard InChI is InChI=1S/C15H27N3O3/c1-12(14(19)20)17-8-10-18(11-9-17)15(21)16-13-6-4-2-3-5-7-13/h12-13H,2-11H2,1H3,(H,16,21)(H,19,20). The molecule has 2 fully saturated rings. The first-order chi connectivity index (χ1) is 10.1. The van der Waals surface area contributed by atoms with Crippen LogP contribution in [0.2, 0.25) is 0 Å². The average Bonchev–Trinajstić information content (AvgIpc) is 2.75. The van der Waals surface area contributed by atoms with Crippen LogP contribution in [0.4, 0.5) is 4.79 Å². The van der Waals surface area contributed by atoms with Crippen molar-refractivity contribution in [2.24, 2.45) is 0 Å². The van der Waals surface area contributed by atoms with Crippen LogP contribution in [0.1, 0.15) is 45.4 Å². The second kappa shape index (κ2) is 7.64. The van der Waals surface area contributed by atoms with Gasteiger partial charge in [-0.05, 0) is 19.8 Å². The van der Waals surface area contributed by atoms with E-state index in [-0.39, 0.29) is 6.03 Å². The SMILES string of the molecule is CC(C(=O)O)N1CCN(C(=O)NC2CCCCCC2)CC1. The first-order valence-corrected chi connectivity index (χ1v) is 8.10. The van der Waals surface area contributed by atoms with Gasteiger partial charge in [0.25, 0.3) is 0 Å². The minimum absolute atomic E-state index is 0.0181. The van der Waals surface area contributed by atoms with Gasteiger partial charge in [0, 0.05) is 32.2 Å². The van der Waals surface area contributed by atoms with Crippen LogP contribution in [0, 0.1) is 0 Å². The molecule has 2 amide bonds. The number of rotatable bonds is 3. The number of nitrogens with one attached hydrogen (secondary N) is 1. The molecule has 0 aromatic heterocycles. The first kappa shape index (κ1) is 16.1. The van der Waals surface area contributed by atoms with Crippen molar-refractivity contribution in [1.29, 1.82) is 0 Å². The van der Waals surface area contributed by atoms with Crippen LogP contribution < -0.4 is 5.32 Å². The Morgan fingerprint density at radius 2 is 1.62 bits per heavy atom. The molecule has 2 rings (SSSR count). The zero-order valence-electron chi connectivity index (χ0n) is 12.9. The Hall–Kier alpha value is -1.30. The fraction of sp³-hybridized carbons (Fsp3) is 0.867. The molecule has 21 heavy (non-hydrogen) atoms. The van der Waals surface area contributed by atoms with E-state index >= 15 is 0 Å². The van der Waals surface area contributed by atoms with Crippen LogP contribution in [0.25, 0.3) is 0 Å². The zero-order valence-corrected chi connectivity index (χ0v) is 12.9. The van der Waals surface area contributed by atoms with E-state index in [9.17, 15) is 9.59 Å². The van der Waals surface area contributed by atoms with Crippen molar-refractivity contribution in [1.82, 2.24) is 15.1 Å². The Bertz CT molecular complexity index is 359. The largest absolute Gasteiger partial charge is 0.480 e. The highest BCUT2D eigenvalue weighted by Gasteiger charge is 2.28. The average molecular weight is 297 g/mol. The van der Waals surface area contributed by atoms with Crippen molar-refractivity contribution in [3.05, 3.63) is 0 Å². The zero-order chi connectivity index (χ0) is 15.2. The van der Waals surface area contributed by atoms with Gasteiger partial charge < -0.3 is 15.3 Å². The minimum atomic E-state index is -0.800. The van der Waals surface area contributed by atoms with Crippen molar-refractivity contribution in [3.8, 4) is 0 Å². The van der Waals surface area contributed by atoms with Crippen molar-refractivity contribution < 1.29 is 14.7 Å². The van der Waals surface area contributed by atoms with Gasteiger partial charge in [0.2, 0.25) is 0 Å². The molecule has 0 aromatic rings. The monoisotopic (exact) mass is 297 g/mol. The van der Waals surface area contributed by atoms with E-state index in [1.54, 1.807) is 6.92 Å². The van der Waals surface area contributed by atoms with Gasteiger partial charge >= 0.3 is 12.0 Å². The summed E-state index contributed by atoms with van der Waals surface area (Å²) in [6.45, 7) is 4.17. The van der Waals surface area contributed by atoms with Crippen LogP contribution in [0.3, 0.4) is 0 Å². The van der Waals surface area contributed by atoms with Gasteiger partial charge in [-0.25, -0.2) is 4.79 Å². The van der Waals surface area contributed by atoms with Gasteiger partial charge in [-0.3, -0.25) is 9.69 Å². The number of nitrogens with zero attached hydrogens (tertiary/aromatic N) is 2. The van der Waals surface area contributed by atoms with Gasteiger partial charge in [-0.2, -0.15) is 0 Å². The molecule has 1 atom stereocenters. The lowest BCUT2D eigenvalue weighted by molar-refractivity contribution is -0.143. The molecular formula is C15H27N3O3. The van der Waals surface area contributed by atoms with Crippen molar-refractivity contribution in [2.45, 2.75) is 57.5 Å². The number of urea groups is 1. The fourth-order valence-corrected chi connectivity index (χ4v) is 3.16. The summed E-state index contributed by atoms with van der Waals surface area (Å²) in [6, 6.07) is -0.141. The molecule has 0 radical (unpaired) electrons. The molecule has 1 heterocycles. The Kier molecular flexibility index (Phi) is 5.85. The van der Waals surface area contributed by atoms with Gasteiger partial charge in [-0.15, -0.1) is 0 Å². The quantitative estimate of drug-likeness (QED) is 0.775. The molecule has 6 heteroatoms. The van der Waals surface area contributed by atoms with E-state index < -0.39 is 12.0 Å². The minimum Gasteiger partial charge on any atom is -0.480 e. The van der Waals surface area contributed by atoms with Gasteiger partial charge in [0.15, 0.2) is 0 Å². The van der Waals surface area contributed by atoms with Gasteiger partial charge in [0.05, 0.1) is 0 Å². The number of amides is 2. The van der Waals surface area contributed by atoms with Crippen molar-refractivity contribution in [3.63, 3.8) is 0 Å². The number of carboxylic acids is 1. The maximum atomic E-state index is 12.3. The number of hydrogen-bond donors (Lipinski definition) is 2. The summed E-state index contributed by atoms with van der Waals surface area (Å²) in [5.41, 5.74) is 0. The predicted octanol–water partition coefficient (Wildman–Crippen LogP) is 1.51. The van der Waals surface area contributed by atoms with E-state index in [0.717, 1.165) is 12.8 Å². The third-order valence-corrected chi connectivity index (χ3v) is 4.69. The number of aliphatic carboxylic acids is 1. The Morgan fingerprint density at radius 1 is 1.05 bits per heavy atom. The van der Waals surface area contributed by atoms with Crippen molar-refractivity contribution >= 4 is 12.0 Å². The maximum Gasteiger partial charge on any atom is 0.320 e. The van der Waals surface area contributed by atoms with E-state index in [2.05, 4.69) is 5.32 Å². The molecule has 6 nitrogen and oxygen atoms in total. The molecule has 1 aliphatic heterocycles. The topological polar surface area (TPSA) is 72.9 Å². The highest BCUT2D eigenvalue weighted by atomic mass is 16.4. The lowest BCUT2D eigenvalue weighted by Crippen LogP contribution is -2.56. The lowest BCUT2D eigenvalue weighted by atomic mass is 10.1. The lowest BCUT2D eigenvalue weighted by Gasteiger charge is -2.37. The molecule has 2 N–H and O–H groups in total. The third-order valence-electron chi connectivity index (χ3n) is 4.69. The fourth-order valence-electron chi connectivity index (χ4n) is 3.16. The summed E-state index contributed by atoms with van der Waals surface area (Å²) in [6.07, 6.45) is 7.13. The maximum absolute atomic E-state index is 12.3. The van der Waals surface area contributed by atoms with E-state index in [4.69, 9.17) is 5.11 Å². The smallest absolute Gasteiger partial charge is 0.320 e. The predicted molar refractivity (Wildman–Crippen MR) is 80.3 cm³/mol. The molecule has 1 aliphatic carbocycles. The number of hydrogen-bond acceptors (Lipinski definition) is 3. The van der Waals surface area contributed by atoms with Crippen LogP contribution >= 0.6 is 0 Å². The molecule has 0 bridgehead atoms. The van der Waals surface area contributed by atoms with Crippen LogP contribution in [0.15, 0.2) is 0 Å². The van der Waals surface area contributed by atoms with E-state index in [1.807, 2.05) is 9.80 Å². The second-order valence-corrected chi connectivity index (χ2v) is 6.18. The molecule has 2 aliphatic rings. The van der Waals surface area contributed by atoms with E-state index in [0.29, 0.717) is 32.2 Å². The summed E-state index contributed by atoms with van der Waals surface area (Å²) < 4.78 is 0. The van der Waals surface area contributed by atoms with Crippen molar-refractivity contribution in [2.75, 3.05) is 26.2 Å². The molecule has 1 unspecified atom stereocenters. The van der Waals surface area contributed by atoms with Gasteiger partial charge in [-0.1, -0.05) is 25.7 Å². The molecule has 1 saturated heterocycles. The number of carboxylic acid groups (broad SMARTS) is 1. The summed E-state index contributed by atoms with van der Waals surface area (Å²) in [4.78, 5) is 27.0. The summed E-state index contributed by atoms with van der Waals surface area (Å²) >= 11 is 0. The highest BCUT2D eigenvalue weighted by molar-refractivity contribution is 5.75. The number of piperazine rings is 1. The van der Waals surface area contributed by atoms with Crippen LogP contribution in [0.5, 0.6) is 0 Å². The molecule has 0 aromatic carbocycles. The second-order valence-electron chi connectivity index (χ2n) is 6.18. The molecular weight excluding hydrogens is 270 g/mol. The van der Waals surface area contributed by atoms with E-state index in [1.165, 1.54) is 25.7 Å². The molecule has 1 saturated carbocycles. The summed E-state index contributed by atoms with van der Waals surface area (Å²) in [5, 5.41) is 12.2. The molecule has 0 spiro atoms. The first-order valence-electron chi connectivity index (χ1n) is 8.10. The normalized spacial score (nSPS) is 23.4. The summed E-state index contributed by atoms with van der Waals surface area (Å²) in [5.74, 6) is -0.800.